The van der Waals surface area contributed by atoms with E-state index in [4.69, 9.17) is 239 Å². The van der Waals surface area contributed by atoms with Crippen molar-refractivity contribution >= 4 is 330 Å². The van der Waals surface area contributed by atoms with E-state index >= 15 is 0 Å². The van der Waals surface area contributed by atoms with Crippen LogP contribution in [0.3, 0.4) is 0 Å². The molecular weight excluding hydrogens is 2520 g/mol. The zero-order valence-electron chi connectivity index (χ0n) is 94.3. The number of hydrogen-bond donors (Lipinski definition) is 0. The number of rotatable bonds is 93. The van der Waals surface area contributed by atoms with Gasteiger partial charge in [-0.05, 0) is 291 Å². The molecule has 0 rings (SSSR count). The number of esters is 2. The molecule has 0 bridgehead atoms. The van der Waals surface area contributed by atoms with E-state index in [0.717, 1.165) is 0 Å². The van der Waals surface area contributed by atoms with Crippen molar-refractivity contribution < 1.29 is 119 Å². The van der Waals surface area contributed by atoms with Crippen LogP contribution in [0.4, 0.5) is 0 Å². The predicted octanol–water partition coefficient (Wildman–Crippen LogP) is 35.6. The Hall–Kier alpha value is 9.06. The highest BCUT2D eigenvalue weighted by molar-refractivity contribution is 8.72. The first-order chi connectivity index (χ1) is 67.7. The molecule has 0 aromatic heterocycles. The largest absolute Gasteiger partial charge is 0.466 e. The molecule has 147 heavy (non-hydrogen) atoms. The van der Waals surface area contributed by atoms with E-state index in [1.54, 1.807) is 13.8 Å². The second-order valence-electron chi connectivity index (χ2n) is 40.0. The van der Waals surface area contributed by atoms with Crippen LogP contribution < -0.4 is 0 Å². The van der Waals surface area contributed by atoms with Gasteiger partial charge in [-0.3, -0.25) is 9.59 Å². The highest BCUT2D eigenvalue weighted by atomic mass is 33.0. The highest BCUT2D eigenvalue weighted by Gasteiger charge is 2.40. The van der Waals surface area contributed by atoms with Gasteiger partial charge in [-0.15, -0.1) is 0 Å². The van der Waals surface area contributed by atoms with Gasteiger partial charge in [-0.2, -0.15) is 0 Å². The summed E-state index contributed by atoms with van der Waals surface area (Å²) in [6.45, 7) is 81.6. The molecule has 0 saturated carbocycles. The van der Waals surface area contributed by atoms with Crippen molar-refractivity contribution in [3.05, 3.63) is 0 Å². The normalized spacial score (nSPS) is 17.1. The fraction of sp³-hybridized carbons (Fsp3) is 0.977. The van der Waals surface area contributed by atoms with Gasteiger partial charge in [0.2, 0.25) is 62.6 Å². The zero-order valence-corrected chi connectivity index (χ0v) is 122. The Morgan fingerprint density at radius 2 is 0.299 bits per heavy atom. The van der Waals surface area contributed by atoms with E-state index in [1.807, 2.05) is 76.2 Å². The first kappa shape index (κ1) is 158. The van der Waals surface area contributed by atoms with Crippen LogP contribution >= 0.6 is 188 Å². The van der Waals surface area contributed by atoms with Gasteiger partial charge in [-0.1, -0.05) is 291 Å². The van der Waals surface area contributed by atoms with Gasteiger partial charge in [-0.25, -0.2) is 0 Å². The quantitative estimate of drug-likeness (QED) is 0.0405. The molecule has 0 aliphatic heterocycles. The third-order valence-corrected chi connectivity index (χ3v) is 76.2. The average Bonchev–Trinajstić information content (AvgIpc) is 0.891. The Morgan fingerprint density at radius 1 is 0.184 bits per heavy atom. The fourth-order valence-electron chi connectivity index (χ4n) is 9.21. The maximum Gasteiger partial charge on any atom is 0.306 e. The van der Waals surface area contributed by atoms with E-state index in [0.29, 0.717) is 173 Å². The minimum atomic E-state index is -3.26. The van der Waals surface area contributed by atoms with Gasteiger partial charge in [0.1, 0.15) is 0 Å². The molecule has 0 N–H and O–H groups in total. The number of hydrogen-bond acceptors (Lipinski definition) is 48. The standard InChI is InChI=1S/C55H117O16P7S14.C33H70O10P4S8/c1-24-57-55(56)25-26-86-76(83,66-53(22)39-91-77(84,68-49(18)35-87-72(79,58-27-41(2)3)59-28-42(4)5)69-50(19)36-88-73(80,60-29-43(6)7)61-30-44(8)9)67-54(23)40-92-78(85,70-51(20)37-89-74(81,62-31-45(10)11)63-32-46(12)13)71-52(21)38-90-75(82,64-33-47(14)15)65-34-48(16)17;1-15-35-33(34)16-17-52-46(50,40-29(10)11)41-32(14)24-55-47(51,42-30(12)22-53-44(48,36-18-25(2)3)37-19-26(4)5)43-31(13)23-54-45(49,38-20-27(6)7)39-21-28(8)9/h41-54H,24-40H2,1-23H3;25-32H,15-24H2,1-14H3. The molecule has 0 amide bonds. The zero-order chi connectivity index (χ0) is 113. The van der Waals surface area contributed by atoms with Gasteiger partial charge < -0.3 is 109 Å². The summed E-state index contributed by atoms with van der Waals surface area (Å²) in [6.07, 6.45) is -3.53. The van der Waals surface area contributed by atoms with Crippen molar-refractivity contribution in [2.75, 3.05) is 156 Å². The Balaban J connectivity index is 0. The Morgan fingerprint density at radius 3 is 0.415 bits per heavy atom. The average molecular weight is 2710 g/mol. The number of ether oxygens (including phenoxy) is 2. The third-order valence-electron chi connectivity index (χ3n) is 15.8. The van der Waals surface area contributed by atoms with Crippen molar-refractivity contribution in [1.29, 1.82) is 0 Å². The van der Waals surface area contributed by atoms with Crippen LogP contribution in [0.2, 0.25) is 0 Å². The maximum atomic E-state index is 12.7. The number of carbonyl (C=O) groups is 2. The van der Waals surface area contributed by atoms with Crippen molar-refractivity contribution in [1.82, 2.24) is 0 Å². The van der Waals surface area contributed by atoms with Crippen LogP contribution in [0.25, 0.3) is 0 Å². The molecule has 26 nitrogen and oxygen atoms in total. The lowest BCUT2D eigenvalue weighted by Gasteiger charge is -2.32. The monoisotopic (exact) mass is 2700 g/mol. The summed E-state index contributed by atoms with van der Waals surface area (Å²) in [5.74, 6) is 7.48. The molecule has 0 heterocycles. The molecule has 0 spiro atoms. The van der Waals surface area contributed by atoms with Gasteiger partial charge in [0.15, 0.2) is 0 Å². The Labute approximate surface area is 993 Å². The summed E-state index contributed by atoms with van der Waals surface area (Å²) in [5.41, 5.74) is -31.7. The maximum absolute atomic E-state index is 12.7. The molecule has 0 aromatic rings. The van der Waals surface area contributed by atoms with E-state index in [-0.39, 0.29) is 103 Å². The summed E-state index contributed by atoms with van der Waals surface area (Å²) in [5, 5.41) is 0. The van der Waals surface area contributed by atoms with Gasteiger partial charge in [0.05, 0.1) is 166 Å². The van der Waals surface area contributed by atoms with Crippen LogP contribution in [0.5, 0.6) is 0 Å². The summed E-state index contributed by atoms with van der Waals surface area (Å²) in [7, 11) is 0. The molecule has 59 heteroatoms. The first-order valence-corrected chi connectivity index (χ1v) is 96.8. The summed E-state index contributed by atoms with van der Waals surface area (Å²) < 4.78 is 153. The van der Waals surface area contributed by atoms with Gasteiger partial charge in [0, 0.05) is 63.3 Å². The lowest BCUT2D eigenvalue weighted by Crippen LogP contribution is -2.18. The molecule has 0 aliphatic rings. The Bertz CT molecular complexity index is 3700. The molecule has 0 saturated heterocycles. The molecule has 0 aromatic carbocycles. The van der Waals surface area contributed by atoms with Crippen molar-refractivity contribution in [3.63, 3.8) is 0 Å². The second-order valence-corrected chi connectivity index (χ2v) is 110. The van der Waals surface area contributed by atoms with E-state index in [2.05, 4.69) is 166 Å². The predicted molar refractivity (Wildman–Crippen MR) is 697 cm³/mol. The minimum absolute atomic E-state index is 0.105. The molecule has 882 valence electrons. The highest BCUT2D eigenvalue weighted by Crippen LogP contribution is 2.73. The summed E-state index contributed by atoms with van der Waals surface area (Å²) in [6, 6.07) is 0. The van der Waals surface area contributed by atoms with Crippen LogP contribution in [0.1, 0.15) is 269 Å². The van der Waals surface area contributed by atoms with Crippen LogP contribution in [0.15, 0.2) is 0 Å². The summed E-state index contributed by atoms with van der Waals surface area (Å²) in [4.78, 5) is 24.7. The molecule has 0 radical (unpaired) electrons. The molecule has 0 aliphatic carbocycles. The van der Waals surface area contributed by atoms with E-state index in [9.17, 15) is 9.59 Å². The topological polar surface area (TPSA) is 256 Å². The van der Waals surface area contributed by atoms with Crippen LogP contribution in [0, 0.1) is 71.0 Å². The van der Waals surface area contributed by atoms with E-state index in [1.165, 1.54) is 125 Å². The Kier molecular flexibility index (Phi) is 90.6. The minimum Gasteiger partial charge on any atom is -0.466 e. The number of carbonyl (C=O) groups excluding carboxylic acids is 2. The fourth-order valence-corrected chi connectivity index (χ4v) is 65.0. The van der Waals surface area contributed by atoms with Crippen LogP contribution in [-0.2, 0) is 248 Å². The third kappa shape index (κ3) is 86.4. The van der Waals surface area contributed by atoms with Crippen molar-refractivity contribution in [2.24, 2.45) is 71.0 Å². The molecule has 0 fully saturated rings. The van der Waals surface area contributed by atoms with Gasteiger partial charge in [0.25, 0.3) is 0 Å². The second kappa shape index (κ2) is 84.2. The summed E-state index contributed by atoms with van der Waals surface area (Å²) >= 11 is 83.4. The van der Waals surface area contributed by atoms with Crippen molar-refractivity contribution in [3.8, 4) is 0 Å². The van der Waals surface area contributed by atoms with Crippen LogP contribution in [-0.4, -0.2) is 229 Å². The molecule has 10 atom stereocenters. The lowest BCUT2D eigenvalue weighted by molar-refractivity contribution is -0.143. The smallest absolute Gasteiger partial charge is 0.306 e. The molecular formula is C88H187O26P11S22. The lowest BCUT2D eigenvalue weighted by atomic mass is 10.2. The van der Waals surface area contributed by atoms with E-state index < -0.39 is 99.3 Å². The molecule has 10 unspecified atom stereocenters. The first-order valence-electron chi connectivity index (χ1n) is 50.3. The van der Waals surface area contributed by atoms with Gasteiger partial charge >= 0.3 is 11.9 Å². The van der Waals surface area contributed by atoms with Crippen molar-refractivity contribution in [2.45, 2.75) is 330 Å². The SMILES string of the molecule is CCOC(=O)CCSP(=S)(OC(C)C)OC(C)CSP(=S)(OC(C)CSP(=S)(OCC(C)C)OCC(C)C)OC(C)CSP(=S)(OCC(C)C)OCC(C)C.CCOC(=O)CCSP(=S)(OC(C)CSP(=S)(OC(C)CSP(=S)(OCC(C)C)OCC(C)C)OC(C)CSP(=S)(OCC(C)C)OCC(C)C)OC(C)CSP(=S)(OC(C)CSP(=S)(OCC(C)C)OCC(C)C)OC(C)CSP(=S)(OCC(C)C)OCC(C)C.